The molecule has 1 rings (SSSR count). The lowest BCUT2D eigenvalue weighted by Gasteiger charge is -2.20. The van der Waals surface area contributed by atoms with Crippen molar-refractivity contribution < 1.29 is 18.0 Å². The van der Waals surface area contributed by atoms with Crippen LogP contribution >= 0.6 is 0 Å². The Kier molecular flexibility index (Phi) is 4.21. The average molecular weight is 260 g/mol. The van der Waals surface area contributed by atoms with E-state index in [1.807, 2.05) is 6.92 Å². The number of carbonyl (C=O) groups is 1. The zero-order valence-corrected chi connectivity index (χ0v) is 10.4. The highest BCUT2D eigenvalue weighted by molar-refractivity contribution is 5.99. The van der Waals surface area contributed by atoms with Gasteiger partial charge in [0.05, 0.1) is 5.56 Å². The van der Waals surface area contributed by atoms with E-state index in [0.29, 0.717) is 10.6 Å². The van der Waals surface area contributed by atoms with Gasteiger partial charge in [-0.1, -0.05) is 6.07 Å². The zero-order chi connectivity index (χ0) is 13.9. The lowest BCUT2D eigenvalue weighted by atomic mass is 10.1. The highest BCUT2D eigenvalue weighted by Gasteiger charge is 2.31. The minimum atomic E-state index is -4.39. The number of nitrogens with zero attached hydrogens (tertiary/aromatic N) is 1. The van der Waals surface area contributed by atoms with Gasteiger partial charge in [0.2, 0.25) is 0 Å². The summed E-state index contributed by atoms with van der Waals surface area (Å²) in [5.74, 6) is -0.656. The Labute approximate surface area is 104 Å². The molecule has 100 valence electrons. The number of anilines is 1. The maximum absolute atomic E-state index is 12.2. The lowest BCUT2D eigenvalue weighted by Crippen LogP contribution is -2.36. The molecule has 6 heteroatoms. The lowest BCUT2D eigenvalue weighted by molar-refractivity contribution is -0.138. The van der Waals surface area contributed by atoms with Crippen LogP contribution in [0.3, 0.4) is 0 Å². The number of alkyl halides is 3. The van der Waals surface area contributed by atoms with Crippen LogP contribution in [0, 0.1) is 6.92 Å². The summed E-state index contributed by atoms with van der Waals surface area (Å²) in [4.78, 5) is 12.6. The van der Waals surface area contributed by atoms with Crippen molar-refractivity contribution in [3.8, 4) is 0 Å². The number of amides is 1. The molecule has 1 aromatic carbocycles. The molecule has 0 aliphatic carbocycles. The van der Waals surface area contributed by atoms with Crippen LogP contribution in [0.2, 0.25) is 0 Å². The van der Waals surface area contributed by atoms with Crippen LogP contribution in [-0.2, 0) is 0 Å². The molecule has 1 aromatic rings. The van der Waals surface area contributed by atoms with Crippen LogP contribution in [0.4, 0.5) is 18.9 Å². The van der Waals surface area contributed by atoms with Gasteiger partial charge in [-0.2, -0.15) is 13.2 Å². The Hall–Kier alpha value is -1.72. The molecule has 0 heterocycles. The van der Waals surface area contributed by atoms with Gasteiger partial charge >= 0.3 is 6.18 Å². The van der Waals surface area contributed by atoms with E-state index in [-0.39, 0.29) is 5.56 Å². The molecule has 1 amide bonds. The van der Waals surface area contributed by atoms with Crippen molar-refractivity contribution in [2.75, 3.05) is 26.0 Å². The number of carbonyl (C=O) groups excluding carboxylic acids is 1. The second kappa shape index (κ2) is 5.29. The van der Waals surface area contributed by atoms with E-state index in [2.05, 4.69) is 5.32 Å². The molecule has 0 spiro atoms. The summed E-state index contributed by atoms with van der Waals surface area (Å²) in [6.07, 6.45) is -4.39. The molecular weight excluding hydrogens is 245 g/mol. The van der Waals surface area contributed by atoms with Crippen molar-refractivity contribution in [3.63, 3.8) is 0 Å². The van der Waals surface area contributed by atoms with Gasteiger partial charge in [0.25, 0.3) is 5.91 Å². The summed E-state index contributed by atoms with van der Waals surface area (Å²) in [6.45, 7) is 0.581. The number of hydrogen-bond donors (Lipinski definition) is 1. The first-order valence-corrected chi connectivity index (χ1v) is 5.35. The largest absolute Gasteiger partial charge is 0.406 e. The van der Waals surface area contributed by atoms with E-state index in [0.717, 1.165) is 12.6 Å². The van der Waals surface area contributed by atoms with E-state index >= 15 is 0 Å². The Morgan fingerprint density at radius 2 is 2.00 bits per heavy atom. The monoisotopic (exact) mass is 260 g/mol. The van der Waals surface area contributed by atoms with Crippen molar-refractivity contribution in [1.29, 1.82) is 0 Å². The van der Waals surface area contributed by atoms with Gasteiger partial charge in [-0.15, -0.1) is 0 Å². The second-order valence-electron chi connectivity index (χ2n) is 4.08. The third-order valence-corrected chi connectivity index (χ3v) is 2.44. The Morgan fingerprint density at radius 1 is 1.39 bits per heavy atom. The molecule has 0 saturated carbocycles. The number of nitrogens with one attached hydrogen (secondary N) is 1. The van der Waals surface area contributed by atoms with Crippen LogP contribution in [0.25, 0.3) is 0 Å². The number of benzene rings is 1. The number of rotatable bonds is 3. The van der Waals surface area contributed by atoms with Crippen LogP contribution < -0.4 is 5.32 Å². The van der Waals surface area contributed by atoms with Crippen LogP contribution in [-0.4, -0.2) is 37.6 Å². The van der Waals surface area contributed by atoms with Gasteiger partial charge in [0.15, 0.2) is 0 Å². The molecule has 1 N–H and O–H groups in total. The summed E-state index contributed by atoms with van der Waals surface area (Å²) in [5.41, 5.74) is 1.68. The van der Waals surface area contributed by atoms with Crippen molar-refractivity contribution in [3.05, 3.63) is 29.3 Å². The minimum absolute atomic E-state index is 0.231. The normalized spacial score (nSPS) is 11.2. The van der Waals surface area contributed by atoms with Crippen molar-refractivity contribution in [2.24, 2.45) is 0 Å². The molecule has 0 unspecified atom stereocenters. The van der Waals surface area contributed by atoms with Crippen molar-refractivity contribution in [2.45, 2.75) is 13.1 Å². The summed E-state index contributed by atoms with van der Waals surface area (Å²) >= 11 is 0. The van der Waals surface area contributed by atoms with Gasteiger partial charge < -0.3 is 10.2 Å². The van der Waals surface area contributed by atoms with Crippen LogP contribution in [0.15, 0.2) is 18.2 Å². The Balaban J connectivity index is 2.96. The summed E-state index contributed by atoms with van der Waals surface area (Å²) in [7, 11) is 2.75. The topological polar surface area (TPSA) is 32.3 Å². The third-order valence-electron chi connectivity index (χ3n) is 2.44. The fourth-order valence-corrected chi connectivity index (χ4v) is 1.60. The van der Waals surface area contributed by atoms with E-state index < -0.39 is 18.6 Å². The molecule has 3 nitrogen and oxygen atoms in total. The van der Waals surface area contributed by atoms with Crippen LogP contribution in [0.1, 0.15) is 15.9 Å². The van der Waals surface area contributed by atoms with E-state index in [1.165, 1.54) is 6.07 Å². The van der Waals surface area contributed by atoms with Crippen molar-refractivity contribution >= 4 is 11.6 Å². The molecule has 0 radical (unpaired) electrons. The quantitative estimate of drug-likeness (QED) is 0.906. The van der Waals surface area contributed by atoms with Crippen molar-refractivity contribution in [1.82, 2.24) is 4.90 Å². The van der Waals surface area contributed by atoms with Gasteiger partial charge in [0.1, 0.15) is 6.54 Å². The SMILES string of the molecule is CNc1cc(C)ccc1C(=O)N(C)CC(F)(F)F. The van der Waals surface area contributed by atoms with E-state index in [9.17, 15) is 18.0 Å². The number of aryl methyl sites for hydroxylation is 1. The smallest absolute Gasteiger partial charge is 0.387 e. The van der Waals surface area contributed by atoms with Crippen LogP contribution in [0.5, 0.6) is 0 Å². The first-order valence-electron chi connectivity index (χ1n) is 5.35. The maximum atomic E-state index is 12.2. The predicted octanol–water partition coefficient (Wildman–Crippen LogP) is 2.67. The minimum Gasteiger partial charge on any atom is -0.387 e. The third kappa shape index (κ3) is 3.65. The molecule has 0 atom stereocenters. The Bertz CT molecular complexity index is 443. The fourth-order valence-electron chi connectivity index (χ4n) is 1.60. The maximum Gasteiger partial charge on any atom is 0.406 e. The Morgan fingerprint density at radius 3 is 2.50 bits per heavy atom. The number of hydrogen-bond acceptors (Lipinski definition) is 2. The average Bonchev–Trinajstić information content (AvgIpc) is 2.25. The highest BCUT2D eigenvalue weighted by Crippen LogP contribution is 2.21. The fraction of sp³-hybridized carbons (Fsp3) is 0.417. The van der Waals surface area contributed by atoms with Gasteiger partial charge in [-0.25, -0.2) is 0 Å². The standard InChI is InChI=1S/C12H15F3N2O/c1-8-4-5-9(10(6-8)16-2)11(18)17(3)7-12(13,14)15/h4-6,16H,7H2,1-3H3. The molecule has 0 aliphatic heterocycles. The first-order chi connectivity index (χ1) is 8.24. The molecule has 0 bridgehead atoms. The zero-order valence-electron chi connectivity index (χ0n) is 10.4. The molecule has 0 aromatic heterocycles. The van der Waals surface area contributed by atoms with Gasteiger partial charge in [-0.3, -0.25) is 4.79 Å². The second-order valence-corrected chi connectivity index (χ2v) is 4.08. The van der Waals surface area contributed by atoms with Gasteiger partial charge in [-0.05, 0) is 24.6 Å². The molecule has 0 aliphatic rings. The van der Waals surface area contributed by atoms with Gasteiger partial charge in [0, 0.05) is 19.8 Å². The van der Waals surface area contributed by atoms with E-state index in [4.69, 9.17) is 0 Å². The first kappa shape index (κ1) is 14.3. The molecule has 0 fully saturated rings. The summed E-state index contributed by atoms with van der Waals surface area (Å²) in [6, 6.07) is 4.93. The highest BCUT2D eigenvalue weighted by atomic mass is 19.4. The molecular formula is C12H15F3N2O. The van der Waals surface area contributed by atoms with E-state index in [1.54, 1.807) is 19.2 Å². The molecule has 18 heavy (non-hydrogen) atoms. The summed E-state index contributed by atoms with van der Waals surface area (Å²) < 4.78 is 36.7. The predicted molar refractivity (Wildman–Crippen MR) is 63.7 cm³/mol. The summed E-state index contributed by atoms with van der Waals surface area (Å²) in [5, 5.41) is 2.81. The molecule has 0 saturated heterocycles. The number of halogens is 3.